The zero-order valence-electron chi connectivity index (χ0n) is 11.6. The summed E-state index contributed by atoms with van der Waals surface area (Å²) >= 11 is 1.26. The molecule has 1 N–H and O–H groups in total. The average Bonchev–Trinajstić information content (AvgIpc) is 2.84. The minimum Gasteiger partial charge on any atom is -0.481 e. The molecule has 1 fully saturated rings. The number of hydrogen-bond acceptors (Lipinski definition) is 5. The van der Waals surface area contributed by atoms with Crippen LogP contribution in [0.5, 0.6) is 0 Å². The molecule has 21 heavy (non-hydrogen) atoms. The number of aliphatic carboxylic acids is 1. The van der Waals surface area contributed by atoms with E-state index < -0.39 is 5.97 Å². The Labute approximate surface area is 126 Å². The van der Waals surface area contributed by atoms with Crippen LogP contribution in [0.2, 0.25) is 0 Å². The standard InChI is InChI=1S/C14H17N3O3S/c18-13(19)9-21-14-16-11-7-15-4-1-12(11)17(14)8-10-2-5-20-6-3-10/h1,4,7,10H,2-3,5-6,8-9H2,(H,18,19). The molecule has 0 saturated carbocycles. The summed E-state index contributed by atoms with van der Waals surface area (Å²) in [5.41, 5.74) is 1.84. The van der Waals surface area contributed by atoms with E-state index in [1.54, 1.807) is 12.4 Å². The first kappa shape index (κ1) is 14.3. The fraction of sp³-hybridized carbons (Fsp3) is 0.500. The van der Waals surface area contributed by atoms with E-state index in [4.69, 9.17) is 9.84 Å². The van der Waals surface area contributed by atoms with Crippen molar-refractivity contribution in [3.05, 3.63) is 18.5 Å². The molecule has 7 heteroatoms. The summed E-state index contributed by atoms with van der Waals surface area (Å²) in [6, 6.07) is 1.94. The van der Waals surface area contributed by atoms with Gasteiger partial charge >= 0.3 is 5.97 Å². The van der Waals surface area contributed by atoms with E-state index >= 15 is 0 Å². The first-order valence-corrected chi connectivity index (χ1v) is 7.95. The third-order valence-electron chi connectivity index (χ3n) is 3.62. The number of thioether (sulfide) groups is 1. The van der Waals surface area contributed by atoms with Crippen LogP contribution in [0.25, 0.3) is 11.0 Å². The van der Waals surface area contributed by atoms with Gasteiger partial charge in [0.1, 0.15) is 5.52 Å². The van der Waals surface area contributed by atoms with Gasteiger partial charge in [-0.3, -0.25) is 9.78 Å². The molecule has 2 aromatic heterocycles. The summed E-state index contributed by atoms with van der Waals surface area (Å²) in [7, 11) is 0. The van der Waals surface area contributed by atoms with Crippen molar-refractivity contribution in [3.8, 4) is 0 Å². The van der Waals surface area contributed by atoms with Crippen molar-refractivity contribution in [3.63, 3.8) is 0 Å². The maximum Gasteiger partial charge on any atom is 0.313 e. The van der Waals surface area contributed by atoms with Crippen molar-refractivity contribution >= 4 is 28.8 Å². The van der Waals surface area contributed by atoms with Crippen LogP contribution in [0, 0.1) is 5.92 Å². The third kappa shape index (κ3) is 3.36. The van der Waals surface area contributed by atoms with Crippen molar-refractivity contribution in [2.75, 3.05) is 19.0 Å². The largest absolute Gasteiger partial charge is 0.481 e. The Bertz CT molecular complexity index is 637. The monoisotopic (exact) mass is 307 g/mol. The molecule has 1 aliphatic rings. The molecular weight excluding hydrogens is 290 g/mol. The molecular formula is C14H17N3O3S. The first-order valence-electron chi connectivity index (χ1n) is 6.96. The van der Waals surface area contributed by atoms with Crippen molar-refractivity contribution in [2.24, 2.45) is 5.92 Å². The van der Waals surface area contributed by atoms with E-state index in [9.17, 15) is 4.79 Å². The van der Waals surface area contributed by atoms with Gasteiger partial charge in [0.05, 0.1) is 17.5 Å². The molecule has 3 heterocycles. The van der Waals surface area contributed by atoms with Crippen LogP contribution in [-0.2, 0) is 16.1 Å². The van der Waals surface area contributed by atoms with Gasteiger partial charge in [-0.25, -0.2) is 4.98 Å². The Balaban J connectivity index is 1.88. The zero-order valence-corrected chi connectivity index (χ0v) is 12.4. The van der Waals surface area contributed by atoms with E-state index in [1.165, 1.54) is 11.8 Å². The van der Waals surface area contributed by atoms with E-state index in [0.717, 1.165) is 48.8 Å². The molecule has 1 saturated heterocycles. The number of hydrogen-bond donors (Lipinski definition) is 1. The predicted octanol–water partition coefficient (Wildman–Crippen LogP) is 2.03. The second-order valence-corrected chi connectivity index (χ2v) is 6.05. The second kappa shape index (κ2) is 6.44. The molecule has 6 nitrogen and oxygen atoms in total. The summed E-state index contributed by atoms with van der Waals surface area (Å²) in [4.78, 5) is 19.4. The van der Waals surface area contributed by atoms with Crippen molar-refractivity contribution < 1.29 is 14.6 Å². The third-order valence-corrected chi connectivity index (χ3v) is 4.58. The van der Waals surface area contributed by atoms with Crippen LogP contribution in [0.3, 0.4) is 0 Å². The number of carbonyl (C=O) groups is 1. The molecule has 0 amide bonds. The van der Waals surface area contributed by atoms with Gasteiger partial charge in [-0.2, -0.15) is 0 Å². The summed E-state index contributed by atoms with van der Waals surface area (Å²) in [5.74, 6) is -0.263. The smallest absolute Gasteiger partial charge is 0.313 e. The van der Waals surface area contributed by atoms with Gasteiger partial charge in [0.25, 0.3) is 0 Å². The van der Waals surface area contributed by atoms with E-state index in [1.807, 2.05) is 6.07 Å². The topological polar surface area (TPSA) is 77.2 Å². The maximum atomic E-state index is 10.8. The number of ether oxygens (including phenoxy) is 1. The van der Waals surface area contributed by atoms with Crippen LogP contribution < -0.4 is 0 Å². The lowest BCUT2D eigenvalue weighted by atomic mass is 10.0. The summed E-state index contributed by atoms with van der Waals surface area (Å²) in [6.07, 6.45) is 5.54. The lowest BCUT2D eigenvalue weighted by Crippen LogP contribution is -2.20. The molecule has 0 radical (unpaired) electrons. The van der Waals surface area contributed by atoms with Gasteiger partial charge in [0.2, 0.25) is 0 Å². The summed E-state index contributed by atoms with van der Waals surface area (Å²) < 4.78 is 7.52. The highest BCUT2D eigenvalue weighted by atomic mass is 32.2. The fourth-order valence-corrected chi connectivity index (χ4v) is 3.30. The Kier molecular flexibility index (Phi) is 4.40. The quantitative estimate of drug-likeness (QED) is 0.852. The molecule has 0 spiro atoms. The Morgan fingerprint density at radius 1 is 1.48 bits per heavy atom. The number of pyridine rings is 1. The van der Waals surface area contributed by atoms with E-state index in [-0.39, 0.29) is 5.75 Å². The minimum atomic E-state index is -0.831. The Morgan fingerprint density at radius 3 is 3.05 bits per heavy atom. The number of carboxylic acids is 1. The molecule has 0 bridgehead atoms. The van der Waals surface area contributed by atoms with Crippen molar-refractivity contribution in [2.45, 2.75) is 24.5 Å². The molecule has 2 aromatic rings. The lowest BCUT2D eigenvalue weighted by Gasteiger charge is -2.23. The minimum absolute atomic E-state index is 0.0184. The number of nitrogens with zero attached hydrogens (tertiary/aromatic N) is 3. The average molecular weight is 307 g/mol. The Hall–Kier alpha value is -1.60. The van der Waals surface area contributed by atoms with Crippen LogP contribution in [0.15, 0.2) is 23.6 Å². The highest BCUT2D eigenvalue weighted by Gasteiger charge is 2.19. The first-order chi connectivity index (χ1) is 10.2. The highest BCUT2D eigenvalue weighted by Crippen LogP contribution is 2.27. The van der Waals surface area contributed by atoms with Gasteiger partial charge in [-0.1, -0.05) is 11.8 Å². The van der Waals surface area contributed by atoms with Crippen molar-refractivity contribution in [1.29, 1.82) is 0 Å². The van der Waals surface area contributed by atoms with Gasteiger partial charge < -0.3 is 14.4 Å². The molecule has 1 aliphatic heterocycles. The Morgan fingerprint density at radius 2 is 2.29 bits per heavy atom. The summed E-state index contributed by atoms with van der Waals surface area (Å²) in [5, 5.41) is 9.63. The number of rotatable bonds is 5. The van der Waals surface area contributed by atoms with Crippen LogP contribution in [0.1, 0.15) is 12.8 Å². The van der Waals surface area contributed by atoms with Gasteiger partial charge in [0, 0.05) is 26.0 Å². The predicted molar refractivity (Wildman–Crippen MR) is 79.4 cm³/mol. The maximum absolute atomic E-state index is 10.8. The number of imidazole rings is 1. The highest BCUT2D eigenvalue weighted by molar-refractivity contribution is 7.99. The zero-order chi connectivity index (χ0) is 14.7. The van der Waals surface area contributed by atoms with Crippen LogP contribution in [0.4, 0.5) is 0 Å². The lowest BCUT2D eigenvalue weighted by molar-refractivity contribution is -0.133. The van der Waals surface area contributed by atoms with Crippen LogP contribution >= 0.6 is 11.8 Å². The summed E-state index contributed by atoms with van der Waals surface area (Å²) in [6.45, 7) is 2.46. The molecule has 112 valence electrons. The SMILES string of the molecule is O=C(O)CSc1nc2cnccc2n1CC1CCOCC1. The molecule has 0 atom stereocenters. The molecule has 0 aromatic carbocycles. The fourth-order valence-electron chi connectivity index (χ4n) is 2.56. The van der Waals surface area contributed by atoms with Gasteiger partial charge in [0.15, 0.2) is 5.16 Å². The van der Waals surface area contributed by atoms with E-state index in [0.29, 0.717) is 5.92 Å². The number of aromatic nitrogens is 3. The normalized spacial score (nSPS) is 16.4. The van der Waals surface area contributed by atoms with E-state index in [2.05, 4.69) is 14.5 Å². The van der Waals surface area contributed by atoms with Crippen molar-refractivity contribution in [1.82, 2.24) is 14.5 Å². The van der Waals surface area contributed by atoms with Gasteiger partial charge in [-0.15, -0.1) is 0 Å². The molecule has 3 rings (SSSR count). The second-order valence-electron chi connectivity index (χ2n) is 5.11. The van der Waals surface area contributed by atoms with Crippen LogP contribution in [-0.4, -0.2) is 44.6 Å². The number of fused-ring (bicyclic) bond motifs is 1. The molecule has 0 aliphatic carbocycles. The number of carboxylic acid groups (broad SMARTS) is 1. The van der Waals surface area contributed by atoms with Gasteiger partial charge in [-0.05, 0) is 24.8 Å². The molecule has 0 unspecified atom stereocenters.